The predicted molar refractivity (Wildman–Crippen MR) is 81.1 cm³/mol. The number of pyridine rings is 1. The van der Waals surface area contributed by atoms with Gasteiger partial charge in [0.1, 0.15) is 5.82 Å². The Morgan fingerprint density at radius 3 is 2.50 bits per heavy atom. The zero-order chi connectivity index (χ0) is 15.5. The highest BCUT2D eigenvalue weighted by molar-refractivity contribution is 5.95. The van der Waals surface area contributed by atoms with Gasteiger partial charge in [0.25, 0.3) is 5.91 Å². The monoisotopic (exact) mass is 279 g/mol. The number of aliphatic hydroxyl groups is 1. The molecule has 0 saturated heterocycles. The van der Waals surface area contributed by atoms with Gasteiger partial charge in [0.15, 0.2) is 0 Å². The van der Waals surface area contributed by atoms with Crippen LogP contribution in [0.2, 0.25) is 0 Å². The van der Waals surface area contributed by atoms with E-state index in [0.717, 1.165) is 5.69 Å². The van der Waals surface area contributed by atoms with Gasteiger partial charge in [0.05, 0.1) is 12.1 Å². The average molecular weight is 279 g/mol. The number of nitrogens with one attached hydrogen (secondary N) is 1. The fraction of sp³-hybridized carbons (Fsp3) is 0.600. The number of likely N-dealkylation sites (N-methyl/N-ethyl adjacent to an activating group) is 1. The molecule has 0 saturated carbocycles. The number of hydrogen-bond acceptors (Lipinski definition) is 4. The number of rotatable bonds is 5. The Morgan fingerprint density at radius 1 is 1.45 bits per heavy atom. The van der Waals surface area contributed by atoms with Gasteiger partial charge >= 0.3 is 0 Å². The Labute approximate surface area is 121 Å². The molecule has 112 valence electrons. The van der Waals surface area contributed by atoms with Crippen molar-refractivity contribution in [3.05, 3.63) is 23.4 Å². The smallest absolute Gasteiger partial charge is 0.254 e. The van der Waals surface area contributed by atoms with Crippen LogP contribution in [0.1, 0.15) is 49.7 Å². The summed E-state index contributed by atoms with van der Waals surface area (Å²) in [5.41, 5.74) is 0.852. The minimum Gasteiger partial charge on any atom is -0.394 e. The third-order valence-electron chi connectivity index (χ3n) is 3.54. The van der Waals surface area contributed by atoms with Crippen molar-refractivity contribution >= 4 is 11.7 Å². The number of aromatic nitrogens is 1. The molecule has 0 aliphatic rings. The fourth-order valence-corrected chi connectivity index (χ4v) is 1.67. The standard InChI is InChI=1S/C15H25N3O2/c1-10(2)12-7-11(8-13(16-5)17-12)14(20)18(6)15(3,4)9-19/h7-8,10,19H,9H2,1-6H3,(H,16,17). The lowest BCUT2D eigenvalue weighted by atomic mass is 10.0. The van der Waals surface area contributed by atoms with E-state index in [1.54, 1.807) is 25.1 Å². The van der Waals surface area contributed by atoms with Gasteiger partial charge in [-0.15, -0.1) is 0 Å². The maximum Gasteiger partial charge on any atom is 0.254 e. The summed E-state index contributed by atoms with van der Waals surface area (Å²) in [5, 5.41) is 12.4. The zero-order valence-electron chi connectivity index (χ0n) is 13.2. The molecule has 1 heterocycles. The Morgan fingerprint density at radius 2 is 2.05 bits per heavy atom. The van der Waals surface area contributed by atoms with E-state index in [9.17, 15) is 9.90 Å². The van der Waals surface area contributed by atoms with Crippen molar-refractivity contribution < 1.29 is 9.90 Å². The molecule has 0 aliphatic carbocycles. The molecule has 1 aromatic heterocycles. The number of carbonyl (C=O) groups is 1. The van der Waals surface area contributed by atoms with E-state index in [2.05, 4.69) is 10.3 Å². The molecule has 1 amide bonds. The number of amides is 1. The lowest BCUT2D eigenvalue weighted by Crippen LogP contribution is -2.47. The molecular formula is C15H25N3O2. The van der Waals surface area contributed by atoms with E-state index in [1.165, 1.54) is 0 Å². The van der Waals surface area contributed by atoms with Crippen LogP contribution in [0.4, 0.5) is 5.82 Å². The summed E-state index contributed by atoms with van der Waals surface area (Å²) >= 11 is 0. The van der Waals surface area contributed by atoms with Crippen molar-refractivity contribution in [3.63, 3.8) is 0 Å². The van der Waals surface area contributed by atoms with Gasteiger partial charge in [-0.05, 0) is 31.9 Å². The second-order valence-corrected chi connectivity index (χ2v) is 5.91. The molecule has 0 unspecified atom stereocenters. The van der Waals surface area contributed by atoms with E-state index in [-0.39, 0.29) is 18.4 Å². The van der Waals surface area contributed by atoms with Crippen molar-refractivity contribution in [2.45, 2.75) is 39.2 Å². The van der Waals surface area contributed by atoms with Crippen LogP contribution in [-0.4, -0.2) is 47.1 Å². The fourth-order valence-electron chi connectivity index (χ4n) is 1.67. The second kappa shape index (κ2) is 6.22. The lowest BCUT2D eigenvalue weighted by Gasteiger charge is -2.34. The highest BCUT2D eigenvalue weighted by Gasteiger charge is 2.28. The van der Waals surface area contributed by atoms with Crippen LogP contribution >= 0.6 is 0 Å². The Balaban J connectivity index is 3.18. The zero-order valence-corrected chi connectivity index (χ0v) is 13.2. The Hall–Kier alpha value is -1.62. The van der Waals surface area contributed by atoms with Crippen molar-refractivity contribution in [2.24, 2.45) is 0 Å². The molecule has 0 spiro atoms. The number of anilines is 1. The van der Waals surface area contributed by atoms with Crippen molar-refractivity contribution in [2.75, 3.05) is 26.0 Å². The van der Waals surface area contributed by atoms with Gasteiger partial charge < -0.3 is 15.3 Å². The summed E-state index contributed by atoms with van der Waals surface area (Å²) in [4.78, 5) is 18.6. The van der Waals surface area contributed by atoms with Gasteiger partial charge in [-0.3, -0.25) is 4.79 Å². The van der Waals surface area contributed by atoms with E-state index < -0.39 is 5.54 Å². The normalized spacial score (nSPS) is 11.6. The van der Waals surface area contributed by atoms with Crippen LogP contribution in [0.5, 0.6) is 0 Å². The van der Waals surface area contributed by atoms with Crippen LogP contribution in [0.3, 0.4) is 0 Å². The molecule has 0 atom stereocenters. The molecule has 0 aromatic carbocycles. The summed E-state index contributed by atoms with van der Waals surface area (Å²) in [6, 6.07) is 3.55. The first-order valence-electron chi connectivity index (χ1n) is 6.81. The summed E-state index contributed by atoms with van der Waals surface area (Å²) in [5.74, 6) is 0.797. The maximum atomic E-state index is 12.6. The number of carbonyl (C=O) groups excluding carboxylic acids is 1. The van der Waals surface area contributed by atoms with Crippen molar-refractivity contribution in [3.8, 4) is 0 Å². The van der Waals surface area contributed by atoms with E-state index in [1.807, 2.05) is 33.8 Å². The molecule has 0 fully saturated rings. The molecular weight excluding hydrogens is 254 g/mol. The Kier molecular flexibility index (Phi) is 5.11. The minimum atomic E-state index is -0.599. The van der Waals surface area contributed by atoms with Gasteiger partial charge in [-0.2, -0.15) is 0 Å². The van der Waals surface area contributed by atoms with Crippen LogP contribution in [0.15, 0.2) is 12.1 Å². The number of aliphatic hydroxyl groups excluding tert-OH is 1. The van der Waals surface area contributed by atoms with E-state index in [4.69, 9.17) is 0 Å². The second-order valence-electron chi connectivity index (χ2n) is 5.91. The van der Waals surface area contributed by atoms with Gasteiger partial charge in [-0.1, -0.05) is 13.8 Å². The molecule has 1 rings (SSSR count). The number of nitrogens with zero attached hydrogens (tertiary/aromatic N) is 2. The maximum absolute atomic E-state index is 12.6. The number of hydrogen-bond donors (Lipinski definition) is 2. The first-order valence-corrected chi connectivity index (χ1v) is 6.81. The third kappa shape index (κ3) is 3.48. The third-order valence-corrected chi connectivity index (χ3v) is 3.54. The summed E-state index contributed by atoms with van der Waals surface area (Å²) in [6.07, 6.45) is 0. The topological polar surface area (TPSA) is 65.5 Å². The quantitative estimate of drug-likeness (QED) is 0.866. The highest BCUT2D eigenvalue weighted by Crippen LogP contribution is 2.21. The van der Waals surface area contributed by atoms with Crippen molar-refractivity contribution in [1.82, 2.24) is 9.88 Å². The Bertz CT molecular complexity index is 484. The molecule has 2 N–H and O–H groups in total. The van der Waals surface area contributed by atoms with Crippen LogP contribution in [0, 0.1) is 0 Å². The SMILES string of the molecule is CNc1cc(C(=O)N(C)C(C)(C)CO)cc(C(C)C)n1. The average Bonchev–Trinajstić information content (AvgIpc) is 2.44. The minimum absolute atomic E-state index is 0.0871. The molecule has 20 heavy (non-hydrogen) atoms. The molecule has 5 nitrogen and oxygen atoms in total. The van der Waals surface area contributed by atoms with Crippen molar-refractivity contribution in [1.29, 1.82) is 0 Å². The van der Waals surface area contributed by atoms with Crippen LogP contribution in [0.25, 0.3) is 0 Å². The summed E-state index contributed by atoms with van der Waals surface area (Å²) in [7, 11) is 3.48. The largest absolute Gasteiger partial charge is 0.394 e. The summed E-state index contributed by atoms with van der Waals surface area (Å²) in [6.45, 7) is 7.65. The molecule has 0 aliphatic heterocycles. The first-order chi connectivity index (χ1) is 9.22. The highest BCUT2D eigenvalue weighted by atomic mass is 16.3. The molecule has 0 bridgehead atoms. The molecule has 5 heteroatoms. The van der Waals surface area contributed by atoms with Gasteiger partial charge in [-0.25, -0.2) is 4.98 Å². The van der Waals surface area contributed by atoms with E-state index >= 15 is 0 Å². The summed E-state index contributed by atoms with van der Waals surface area (Å²) < 4.78 is 0. The van der Waals surface area contributed by atoms with Gasteiger partial charge in [0.2, 0.25) is 0 Å². The lowest BCUT2D eigenvalue weighted by molar-refractivity contribution is 0.0473. The van der Waals surface area contributed by atoms with Crippen LogP contribution in [-0.2, 0) is 0 Å². The van der Waals surface area contributed by atoms with E-state index in [0.29, 0.717) is 11.4 Å². The van der Waals surface area contributed by atoms with Crippen LogP contribution < -0.4 is 5.32 Å². The first kappa shape index (κ1) is 16.4. The van der Waals surface area contributed by atoms with Gasteiger partial charge in [0, 0.05) is 25.4 Å². The molecule has 1 aromatic rings. The predicted octanol–water partition coefficient (Wildman–Crippen LogP) is 2.09. The molecule has 0 radical (unpaired) electrons.